The normalized spacial score (nSPS) is 14.2. The van der Waals surface area contributed by atoms with Gasteiger partial charge in [0.2, 0.25) is 5.95 Å². The quantitative estimate of drug-likeness (QED) is 0.378. The summed E-state index contributed by atoms with van der Waals surface area (Å²) in [5.41, 5.74) is 7.06. The van der Waals surface area contributed by atoms with Crippen LogP contribution >= 0.6 is 11.6 Å². The number of hydrogen-bond donors (Lipinski definition) is 4. The van der Waals surface area contributed by atoms with Crippen molar-refractivity contribution < 1.29 is 14.3 Å². The number of carbonyl (C=O) groups is 1. The zero-order valence-electron chi connectivity index (χ0n) is 18.7. The number of aromatic nitrogens is 2. The van der Waals surface area contributed by atoms with Gasteiger partial charge in [0.25, 0.3) is 5.91 Å². The number of benzene rings is 1. The highest BCUT2D eigenvalue weighted by Gasteiger charge is 2.25. The average Bonchev–Trinajstić information content (AvgIpc) is 3.11. The average molecular weight is 465 g/mol. The molecular formula is C22H33ClN6O3. The maximum absolute atomic E-state index is 13.1. The lowest BCUT2D eigenvalue weighted by molar-refractivity contribution is 0.0901. The van der Waals surface area contributed by atoms with Gasteiger partial charge in [0.1, 0.15) is 5.75 Å². The van der Waals surface area contributed by atoms with Crippen LogP contribution in [0.3, 0.4) is 0 Å². The Bertz CT molecular complexity index is 898. The second-order valence-corrected chi connectivity index (χ2v) is 8.05. The molecule has 1 aromatic carbocycles. The van der Waals surface area contributed by atoms with Gasteiger partial charge in [-0.2, -0.15) is 4.98 Å². The van der Waals surface area contributed by atoms with Crippen molar-refractivity contribution >= 4 is 29.3 Å². The van der Waals surface area contributed by atoms with Crippen molar-refractivity contribution in [3.8, 4) is 5.75 Å². The van der Waals surface area contributed by atoms with Crippen molar-refractivity contribution in [3.63, 3.8) is 0 Å². The zero-order chi connectivity index (χ0) is 22.9. The Balaban J connectivity index is 1.99. The number of carbonyl (C=O) groups excluding carboxylic acids is 1. The van der Waals surface area contributed by atoms with E-state index in [4.69, 9.17) is 31.8 Å². The van der Waals surface area contributed by atoms with Crippen LogP contribution in [0.4, 0.5) is 11.8 Å². The van der Waals surface area contributed by atoms with Crippen LogP contribution in [0.15, 0.2) is 18.2 Å². The predicted octanol–water partition coefficient (Wildman–Crippen LogP) is 2.69. The molecule has 2 heterocycles. The van der Waals surface area contributed by atoms with Gasteiger partial charge in [0.15, 0.2) is 11.5 Å². The maximum atomic E-state index is 13.1. The van der Waals surface area contributed by atoms with Crippen LogP contribution in [0.25, 0.3) is 0 Å². The number of nitrogens with two attached hydrogens (primary N) is 1. The molecule has 10 heteroatoms. The largest absolute Gasteiger partial charge is 0.495 e. The lowest BCUT2D eigenvalue weighted by Crippen LogP contribution is -2.30. The van der Waals surface area contributed by atoms with Crippen LogP contribution in [0.5, 0.6) is 5.75 Å². The van der Waals surface area contributed by atoms with E-state index in [1.807, 2.05) is 29.7 Å². The number of hydrogen-bond acceptors (Lipinski definition) is 7. The number of ether oxygens (including phenoxy) is 2. The van der Waals surface area contributed by atoms with Gasteiger partial charge in [-0.15, -0.1) is 0 Å². The predicted molar refractivity (Wildman–Crippen MR) is 127 cm³/mol. The summed E-state index contributed by atoms with van der Waals surface area (Å²) in [6, 6.07) is 5.84. The number of halogens is 1. The molecule has 0 aliphatic carbocycles. The number of imidazole rings is 1. The van der Waals surface area contributed by atoms with Gasteiger partial charge >= 0.3 is 0 Å². The molecule has 3 rings (SSSR count). The van der Waals surface area contributed by atoms with Crippen LogP contribution in [0.2, 0.25) is 5.02 Å². The number of nitrogens with one attached hydrogen (secondary N) is 3. The standard InChI is InChI=1S/C22H33ClN6O3/c1-3-25-21(30)19-20(26-10-4-9-24)28-22(27-16-7-11-32-12-8-16)29(19)14-15-5-6-18(31-2)17(23)13-15/h5-6,13,16,26H,3-4,7-12,14,24H2,1-2H3,(H,25,30)(H,27,28). The van der Waals surface area contributed by atoms with Gasteiger partial charge in [-0.1, -0.05) is 17.7 Å². The molecule has 0 bridgehead atoms. The SMILES string of the molecule is CCNC(=O)c1c(NCCCN)nc(NC2CCOCC2)n1Cc1ccc(OC)c(Cl)c1. The third kappa shape index (κ3) is 6.05. The first-order chi connectivity index (χ1) is 15.6. The molecule has 9 nitrogen and oxygen atoms in total. The van der Waals surface area contributed by atoms with Crippen molar-refractivity contribution in [1.82, 2.24) is 14.9 Å². The third-order valence-electron chi connectivity index (χ3n) is 5.30. The van der Waals surface area contributed by atoms with Gasteiger partial charge in [0.05, 0.1) is 18.7 Å². The van der Waals surface area contributed by atoms with E-state index in [9.17, 15) is 4.79 Å². The van der Waals surface area contributed by atoms with Gasteiger partial charge in [-0.3, -0.25) is 9.36 Å². The summed E-state index contributed by atoms with van der Waals surface area (Å²) in [4.78, 5) is 17.8. The van der Waals surface area contributed by atoms with Crippen LogP contribution in [-0.4, -0.2) is 61.5 Å². The molecule has 0 spiro atoms. The van der Waals surface area contributed by atoms with Crippen molar-refractivity contribution in [1.29, 1.82) is 0 Å². The maximum Gasteiger partial charge on any atom is 0.271 e. The number of anilines is 2. The molecule has 1 fully saturated rings. The summed E-state index contributed by atoms with van der Waals surface area (Å²) >= 11 is 6.35. The van der Waals surface area contributed by atoms with Crippen molar-refractivity contribution in [2.24, 2.45) is 5.73 Å². The fourth-order valence-corrected chi connectivity index (χ4v) is 3.92. The van der Waals surface area contributed by atoms with E-state index >= 15 is 0 Å². The van der Waals surface area contributed by atoms with Gasteiger partial charge in [0, 0.05) is 32.3 Å². The Morgan fingerprint density at radius 1 is 1.38 bits per heavy atom. The van der Waals surface area contributed by atoms with Crippen LogP contribution in [0, 0.1) is 0 Å². The van der Waals surface area contributed by atoms with Crippen LogP contribution in [0.1, 0.15) is 42.2 Å². The van der Waals surface area contributed by atoms with E-state index in [0.717, 1.165) is 24.8 Å². The van der Waals surface area contributed by atoms with Crippen molar-refractivity contribution in [2.75, 3.05) is 50.6 Å². The Hall–Kier alpha value is -2.49. The second kappa shape index (κ2) is 11.9. The zero-order valence-corrected chi connectivity index (χ0v) is 19.5. The van der Waals surface area contributed by atoms with Crippen molar-refractivity contribution in [3.05, 3.63) is 34.5 Å². The van der Waals surface area contributed by atoms with E-state index < -0.39 is 0 Å². The smallest absolute Gasteiger partial charge is 0.271 e. The van der Waals surface area contributed by atoms with E-state index in [2.05, 4.69) is 16.0 Å². The number of methoxy groups -OCH3 is 1. The second-order valence-electron chi connectivity index (χ2n) is 7.65. The summed E-state index contributed by atoms with van der Waals surface area (Å²) in [5.74, 6) is 1.60. The highest BCUT2D eigenvalue weighted by Crippen LogP contribution is 2.28. The molecule has 0 radical (unpaired) electrons. The molecule has 176 valence electrons. The molecule has 1 aromatic heterocycles. The molecule has 2 aromatic rings. The van der Waals surface area contributed by atoms with E-state index in [1.165, 1.54) is 0 Å². The first-order valence-corrected chi connectivity index (χ1v) is 11.4. The lowest BCUT2D eigenvalue weighted by Gasteiger charge is -2.24. The van der Waals surface area contributed by atoms with E-state index in [1.54, 1.807) is 7.11 Å². The van der Waals surface area contributed by atoms with Gasteiger partial charge in [-0.05, 0) is 50.4 Å². The minimum absolute atomic E-state index is 0.185. The molecule has 0 unspecified atom stereocenters. The first-order valence-electron chi connectivity index (χ1n) is 11.1. The molecular weight excluding hydrogens is 432 g/mol. The summed E-state index contributed by atoms with van der Waals surface area (Å²) in [6.07, 6.45) is 2.54. The van der Waals surface area contributed by atoms with Crippen LogP contribution in [-0.2, 0) is 11.3 Å². The lowest BCUT2D eigenvalue weighted by atomic mass is 10.1. The first kappa shape index (κ1) is 24.2. The molecule has 1 saturated heterocycles. The molecule has 1 aliphatic rings. The number of rotatable bonds is 11. The Labute approximate surface area is 194 Å². The summed E-state index contributed by atoms with van der Waals surface area (Å²) < 4.78 is 12.7. The fraction of sp³-hybridized carbons (Fsp3) is 0.545. The van der Waals surface area contributed by atoms with Crippen molar-refractivity contribution in [2.45, 2.75) is 38.8 Å². The topological polar surface area (TPSA) is 115 Å². The van der Waals surface area contributed by atoms with Crippen LogP contribution < -0.4 is 26.4 Å². The summed E-state index contributed by atoms with van der Waals surface area (Å²) in [7, 11) is 1.58. The highest BCUT2D eigenvalue weighted by molar-refractivity contribution is 6.32. The number of amides is 1. The molecule has 5 N–H and O–H groups in total. The third-order valence-corrected chi connectivity index (χ3v) is 5.60. The van der Waals surface area contributed by atoms with Gasteiger partial charge < -0.3 is 31.2 Å². The number of nitrogens with zero attached hydrogens (tertiary/aromatic N) is 2. The fourth-order valence-electron chi connectivity index (χ4n) is 3.64. The monoisotopic (exact) mass is 464 g/mol. The van der Waals surface area contributed by atoms with E-state index in [-0.39, 0.29) is 11.9 Å². The minimum atomic E-state index is -0.185. The molecule has 32 heavy (non-hydrogen) atoms. The van der Waals surface area contributed by atoms with E-state index in [0.29, 0.717) is 67.6 Å². The molecule has 0 atom stereocenters. The molecule has 1 aliphatic heterocycles. The van der Waals surface area contributed by atoms with Gasteiger partial charge in [-0.25, -0.2) is 0 Å². The summed E-state index contributed by atoms with van der Waals surface area (Å²) in [5, 5.41) is 10.2. The minimum Gasteiger partial charge on any atom is -0.495 e. The molecule has 1 amide bonds. The summed E-state index contributed by atoms with van der Waals surface area (Å²) in [6.45, 7) is 5.43. The Kier molecular flexibility index (Phi) is 9.01. The highest BCUT2D eigenvalue weighted by atomic mass is 35.5. The molecule has 0 saturated carbocycles. The Morgan fingerprint density at radius 3 is 2.81 bits per heavy atom. The Morgan fingerprint density at radius 2 is 2.16 bits per heavy atom.